The molecule has 0 atom stereocenters. The van der Waals surface area contributed by atoms with Crippen LogP contribution in [0.4, 0.5) is 0 Å². The predicted molar refractivity (Wildman–Crippen MR) is 92.0 cm³/mol. The molecule has 1 amide bonds. The molecule has 0 spiro atoms. The summed E-state index contributed by atoms with van der Waals surface area (Å²) in [5, 5.41) is 2.89. The second-order valence-corrected chi connectivity index (χ2v) is 6.63. The van der Waals surface area contributed by atoms with E-state index in [1.807, 2.05) is 26.0 Å². The van der Waals surface area contributed by atoms with Crippen LogP contribution in [0.25, 0.3) is 0 Å². The molecule has 1 aliphatic carbocycles. The standard InChI is InChI=1S/C19H24N2O3/c1-12-3-5-17(13(2)7-12)23-11-16-4-6-18(24-16)19(22)21-10-14-8-15(20)9-14/h3-7,14-15H,8-11,20H2,1-2H3,(H,21,22). The number of amides is 1. The number of benzene rings is 1. The number of ether oxygens (including phenoxy) is 1. The van der Waals surface area contributed by atoms with E-state index in [0.717, 1.165) is 24.2 Å². The number of nitrogens with two attached hydrogens (primary N) is 1. The molecule has 128 valence electrons. The lowest BCUT2D eigenvalue weighted by Crippen LogP contribution is -2.42. The molecular weight excluding hydrogens is 304 g/mol. The summed E-state index contributed by atoms with van der Waals surface area (Å²) < 4.78 is 11.3. The van der Waals surface area contributed by atoms with Crippen molar-refractivity contribution in [3.8, 4) is 5.75 Å². The number of hydrogen-bond donors (Lipinski definition) is 2. The number of rotatable bonds is 6. The van der Waals surface area contributed by atoms with E-state index in [0.29, 0.717) is 36.6 Å². The molecule has 0 aliphatic heterocycles. The van der Waals surface area contributed by atoms with Crippen molar-refractivity contribution in [3.05, 3.63) is 53.0 Å². The minimum absolute atomic E-state index is 0.187. The Morgan fingerprint density at radius 2 is 2.08 bits per heavy atom. The third kappa shape index (κ3) is 3.97. The van der Waals surface area contributed by atoms with E-state index in [2.05, 4.69) is 11.4 Å². The Balaban J connectivity index is 1.50. The number of nitrogens with one attached hydrogen (secondary N) is 1. The van der Waals surface area contributed by atoms with Crippen LogP contribution in [0.1, 0.15) is 40.3 Å². The lowest BCUT2D eigenvalue weighted by molar-refractivity contribution is 0.0903. The van der Waals surface area contributed by atoms with Gasteiger partial charge in [-0.1, -0.05) is 17.7 Å². The highest BCUT2D eigenvalue weighted by Gasteiger charge is 2.26. The molecule has 2 aromatic rings. The Kier molecular flexibility index (Phi) is 4.90. The SMILES string of the molecule is Cc1ccc(OCc2ccc(C(=O)NCC3CC(N)C3)o2)c(C)c1. The van der Waals surface area contributed by atoms with E-state index in [-0.39, 0.29) is 5.91 Å². The third-order valence-corrected chi connectivity index (χ3v) is 4.41. The summed E-state index contributed by atoms with van der Waals surface area (Å²) in [5.74, 6) is 2.08. The van der Waals surface area contributed by atoms with Gasteiger partial charge in [-0.15, -0.1) is 0 Å². The summed E-state index contributed by atoms with van der Waals surface area (Å²) in [7, 11) is 0. The van der Waals surface area contributed by atoms with Crippen LogP contribution in [0.15, 0.2) is 34.7 Å². The average Bonchev–Trinajstić information content (AvgIpc) is 2.98. The molecule has 0 radical (unpaired) electrons. The number of hydrogen-bond acceptors (Lipinski definition) is 4. The lowest BCUT2D eigenvalue weighted by atomic mass is 9.81. The van der Waals surface area contributed by atoms with Crippen LogP contribution < -0.4 is 15.8 Å². The van der Waals surface area contributed by atoms with Crippen LogP contribution in [0.5, 0.6) is 5.75 Å². The lowest BCUT2D eigenvalue weighted by Gasteiger charge is -2.32. The van der Waals surface area contributed by atoms with Crippen LogP contribution in [0.3, 0.4) is 0 Å². The number of carbonyl (C=O) groups excluding carboxylic acids is 1. The van der Waals surface area contributed by atoms with Gasteiger partial charge >= 0.3 is 0 Å². The molecule has 3 N–H and O–H groups in total. The Morgan fingerprint density at radius 3 is 2.79 bits per heavy atom. The van der Waals surface area contributed by atoms with E-state index in [1.165, 1.54) is 5.56 Å². The topological polar surface area (TPSA) is 77.5 Å². The molecular formula is C19H24N2O3. The summed E-state index contributed by atoms with van der Waals surface area (Å²) in [4.78, 5) is 12.1. The van der Waals surface area contributed by atoms with Crippen molar-refractivity contribution in [2.24, 2.45) is 11.7 Å². The zero-order valence-electron chi connectivity index (χ0n) is 14.2. The van der Waals surface area contributed by atoms with Gasteiger partial charge in [0.1, 0.15) is 18.1 Å². The fraction of sp³-hybridized carbons (Fsp3) is 0.421. The molecule has 0 saturated heterocycles. The van der Waals surface area contributed by atoms with Crippen LogP contribution in [-0.4, -0.2) is 18.5 Å². The Bertz CT molecular complexity index is 717. The Hall–Kier alpha value is -2.27. The molecule has 0 unspecified atom stereocenters. The van der Waals surface area contributed by atoms with E-state index in [9.17, 15) is 4.79 Å². The first-order chi connectivity index (χ1) is 11.5. The average molecular weight is 328 g/mol. The summed E-state index contributed by atoms with van der Waals surface area (Å²) in [6, 6.07) is 9.79. The summed E-state index contributed by atoms with van der Waals surface area (Å²) in [6.07, 6.45) is 1.96. The van der Waals surface area contributed by atoms with Crippen LogP contribution in [0.2, 0.25) is 0 Å². The highest BCUT2D eigenvalue weighted by Crippen LogP contribution is 2.24. The highest BCUT2D eigenvalue weighted by molar-refractivity contribution is 5.91. The first-order valence-corrected chi connectivity index (χ1v) is 8.34. The molecule has 24 heavy (non-hydrogen) atoms. The molecule has 1 heterocycles. The van der Waals surface area contributed by atoms with Crippen LogP contribution in [0, 0.1) is 19.8 Å². The maximum Gasteiger partial charge on any atom is 0.287 e. The number of aryl methyl sites for hydroxylation is 2. The van der Waals surface area contributed by atoms with Crippen molar-refractivity contribution in [2.45, 2.75) is 39.3 Å². The monoisotopic (exact) mass is 328 g/mol. The summed E-state index contributed by atoms with van der Waals surface area (Å²) >= 11 is 0. The molecule has 0 bridgehead atoms. The number of carbonyl (C=O) groups is 1. The first kappa shape index (κ1) is 16.6. The quantitative estimate of drug-likeness (QED) is 0.854. The predicted octanol–water partition coefficient (Wildman–Crippen LogP) is 2.94. The smallest absolute Gasteiger partial charge is 0.287 e. The van der Waals surface area contributed by atoms with Gasteiger partial charge in [0.25, 0.3) is 5.91 Å². The molecule has 1 fully saturated rings. The fourth-order valence-electron chi connectivity index (χ4n) is 2.97. The molecule has 1 saturated carbocycles. The van der Waals surface area contributed by atoms with Gasteiger partial charge in [-0.05, 0) is 56.4 Å². The second-order valence-electron chi connectivity index (χ2n) is 6.63. The van der Waals surface area contributed by atoms with Crippen LogP contribution in [-0.2, 0) is 6.61 Å². The van der Waals surface area contributed by atoms with E-state index in [4.69, 9.17) is 14.9 Å². The second kappa shape index (κ2) is 7.09. The highest BCUT2D eigenvalue weighted by atomic mass is 16.5. The Morgan fingerprint density at radius 1 is 1.29 bits per heavy atom. The van der Waals surface area contributed by atoms with Crippen molar-refractivity contribution >= 4 is 5.91 Å². The van der Waals surface area contributed by atoms with Crippen molar-refractivity contribution in [1.29, 1.82) is 0 Å². The molecule has 3 rings (SSSR count). The van der Waals surface area contributed by atoms with Crippen molar-refractivity contribution in [2.75, 3.05) is 6.54 Å². The maximum absolute atomic E-state index is 12.1. The molecule has 1 aliphatic rings. The van der Waals surface area contributed by atoms with E-state index >= 15 is 0 Å². The largest absolute Gasteiger partial charge is 0.485 e. The van der Waals surface area contributed by atoms with Gasteiger partial charge in [0.15, 0.2) is 5.76 Å². The van der Waals surface area contributed by atoms with Gasteiger partial charge in [-0.25, -0.2) is 0 Å². The maximum atomic E-state index is 12.1. The van der Waals surface area contributed by atoms with Gasteiger partial charge in [0, 0.05) is 12.6 Å². The van der Waals surface area contributed by atoms with Crippen molar-refractivity contribution in [3.63, 3.8) is 0 Å². The normalized spacial score (nSPS) is 19.6. The van der Waals surface area contributed by atoms with Gasteiger partial charge in [0.2, 0.25) is 0 Å². The zero-order chi connectivity index (χ0) is 17.1. The Labute approximate surface area is 142 Å². The third-order valence-electron chi connectivity index (χ3n) is 4.41. The van der Waals surface area contributed by atoms with Gasteiger partial charge in [-0.2, -0.15) is 0 Å². The summed E-state index contributed by atoms with van der Waals surface area (Å²) in [5.41, 5.74) is 8.02. The molecule has 5 nitrogen and oxygen atoms in total. The van der Waals surface area contributed by atoms with Crippen molar-refractivity contribution < 1.29 is 13.9 Å². The molecule has 1 aromatic carbocycles. The van der Waals surface area contributed by atoms with Crippen molar-refractivity contribution in [1.82, 2.24) is 5.32 Å². The van der Waals surface area contributed by atoms with Gasteiger partial charge in [-0.3, -0.25) is 4.79 Å². The van der Waals surface area contributed by atoms with Gasteiger partial charge < -0.3 is 20.2 Å². The van der Waals surface area contributed by atoms with Crippen LogP contribution >= 0.6 is 0 Å². The zero-order valence-corrected chi connectivity index (χ0v) is 14.2. The number of furan rings is 1. The minimum Gasteiger partial charge on any atom is -0.485 e. The fourth-order valence-corrected chi connectivity index (χ4v) is 2.97. The van der Waals surface area contributed by atoms with E-state index < -0.39 is 0 Å². The minimum atomic E-state index is -0.187. The first-order valence-electron chi connectivity index (χ1n) is 8.34. The van der Waals surface area contributed by atoms with E-state index in [1.54, 1.807) is 12.1 Å². The van der Waals surface area contributed by atoms with Gasteiger partial charge in [0.05, 0.1) is 0 Å². The molecule has 1 aromatic heterocycles. The molecule has 5 heteroatoms. The summed E-state index contributed by atoms with van der Waals surface area (Å²) in [6.45, 7) is 5.01.